The molecule has 0 fully saturated rings. The Hall–Kier alpha value is -2.15. The highest BCUT2D eigenvalue weighted by molar-refractivity contribution is 7.11. The minimum atomic E-state index is -0.238. The molecule has 2 rings (SSSR count). The topological polar surface area (TPSA) is 92.9 Å². The minimum absolute atomic E-state index is 0.238. The Kier molecular flexibility index (Phi) is 3.73. The zero-order valence-electron chi connectivity index (χ0n) is 9.80. The smallest absolute Gasteiger partial charge is 0.257 e. The van der Waals surface area contributed by atoms with E-state index in [-0.39, 0.29) is 11.7 Å². The molecule has 0 aromatic carbocycles. The largest absolute Gasteiger partial charge is 0.382 e. The van der Waals surface area contributed by atoms with Gasteiger partial charge in [-0.1, -0.05) is 0 Å². The second-order valence-corrected chi connectivity index (χ2v) is 4.33. The average Bonchev–Trinajstić information content (AvgIpc) is 2.78. The fourth-order valence-electron chi connectivity index (χ4n) is 1.45. The minimum Gasteiger partial charge on any atom is -0.382 e. The number of rotatable bonds is 4. The molecule has 0 aliphatic carbocycles. The van der Waals surface area contributed by atoms with Crippen LogP contribution in [0.2, 0.25) is 0 Å². The lowest BCUT2D eigenvalue weighted by Crippen LogP contribution is -2.20. The number of carbonyl (C=O) groups is 1. The monoisotopic (exact) mass is 263 g/mol. The normalized spacial score (nSPS) is 10.1. The van der Waals surface area contributed by atoms with Crippen molar-refractivity contribution in [3.63, 3.8) is 0 Å². The number of amides is 1. The van der Waals surface area contributed by atoms with Crippen LogP contribution in [-0.4, -0.2) is 22.3 Å². The first kappa shape index (κ1) is 12.3. The van der Waals surface area contributed by atoms with Crippen molar-refractivity contribution in [1.29, 1.82) is 0 Å². The number of aromatic nitrogens is 2. The van der Waals surface area contributed by atoms with Crippen LogP contribution in [0.25, 0.3) is 0 Å². The van der Waals surface area contributed by atoms with E-state index in [2.05, 4.69) is 20.0 Å². The average molecular weight is 263 g/mol. The van der Waals surface area contributed by atoms with E-state index in [4.69, 9.17) is 5.73 Å². The third kappa shape index (κ3) is 2.57. The molecule has 0 saturated carbocycles. The first-order valence-corrected chi connectivity index (χ1v) is 6.09. The summed E-state index contributed by atoms with van der Waals surface area (Å²) in [4.78, 5) is 15.6. The Morgan fingerprint density at radius 2 is 2.17 bits per heavy atom. The Morgan fingerprint density at radius 1 is 1.44 bits per heavy atom. The predicted molar refractivity (Wildman–Crippen MR) is 71.5 cm³/mol. The first-order valence-electron chi connectivity index (χ1n) is 5.32. The van der Waals surface area contributed by atoms with Crippen molar-refractivity contribution in [2.45, 2.75) is 6.54 Å². The summed E-state index contributed by atoms with van der Waals surface area (Å²) in [5.41, 5.74) is 7.14. The molecular formula is C11H13N5OS. The van der Waals surface area contributed by atoms with Crippen molar-refractivity contribution in [1.82, 2.24) is 14.7 Å². The molecule has 94 valence electrons. The van der Waals surface area contributed by atoms with Gasteiger partial charge >= 0.3 is 0 Å². The molecule has 1 amide bonds. The van der Waals surface area contributed by atoms with E-state index in [9.17, 15) is 4.79 Å². The van der Waals surface area contributed by atoms with Gasteiger partial charge in [0.2, 0.25) is 0 Å². The Bertz CT molecular complexity index is 540. The van der Waals surface area contributed by atoms with Gasteiger partial charge in [-0.3, -0.25) is 9.78 Å². The molecule has 0 aliphatic heterocycles. The van der Waals surface area contributed by atoms with E-state index in [0.717, 1.165) is 5.56 Å². The van der Waals surface area contributed by atoms with Gasteiger partial charge in [0.05, 0.1) is 0 Å². The first-order chi connectivity index (χ1) is 8.72. The number of hydrogen-bond acceptors (Lipinski definition) is 6. The summed E-state index contributed by atoms with van der Waals surface area (Å²) < 4.78 is 3.98. The van der Waals surface area contributed by atoms with E-state index >= 15 is 0 Å². The van der Waals surface area contributed by atoms with Crippen molar-refractivity contribution in [2.75, 3.05) is 18.1 Å². The molecule has 6 nitrogen and oxygen atoms in total. The van der Waals surface area contributed by atoms with Gasteiger partial charge in [-0.05, 0) is 29.2 Å². The molecule has 0 spiro atoms. The van der Waals surface area contributed by atoms with Crippen LogP contribution in [0.1, 0.15) is 15.9 Å². The zero-order chi connectivity index (χ0) is 13.0. The summed E-state index contributed by atoms with van der Waals surface area (Å²) >= 11 is 1.18. The van der Waals surface area contributed by atoms with Gasteiger partial charge in [-0.25, -0.2) is 0 Å². The third-order valence-corrected chi connectivity index (χ3v) is 3.19. The summed E-state index contributed by atoms with van der Waals surface area (Å²) in [5, 5.41) is 6.37. The zero-order valence-corrected chi connectivity index (χ0v) is 10.6. The summed E-state index contributed by atoms with van der Waals surface area (Å²) in [6, 6.07) is 3.80. The van der Waals surface area contributed by atoms with Gasteiger partial charge < -0.3 is 16.4 Å². The van der Waals surface area contributed by atoms with Gasteiger partial charge in [0.25, 0.3) is 5.91 Å². The van der Waals surface area contributed by atoms with Gasteiger partial charge in [0.1, 0.15) is 10.6 Å². The van der Waals surface area contributed by atoms with Crippen molar-refractivity contribution in [3.05, 3.63) is 35.7 Å². The van der Waals surface area contributed by atoms with E-state index < -0.39 is 0 Å². The maximum atomic E-state index is 11.7. The Morgan fingerprint density at radius 3 is 2.83 bits per heavy atom. The number of hydrogen-bond donors (Lipinski definition) is 3. The highest BCUT2D eigenvalue weighted by atomic mass is 32.1. The lowest BCUT2D eigenvalue weighted by atomic mass is 10.2. The highest BCUT2D eigenvalue weighted by Crippen LogP contribution is 2.26. The maximum absolute atomic E-state index is 11.7. The molecule has 0 saturated heterocycles. The molecule has 0 unspecified atom stereocenters. The SMILES string of the molecule is CNC(=O)c1c(N)nsc1NCc1ccncc1. The van der Waals surface area contributed by atoms with Gasteiger partial charge in [-0.15, -0.1) is 0 Å². The predicted octanol–water partition coefficient (Wildman–Crippen LogP) is 1.09. The van der Waals surface area contributed by atoms with E-state index in [1.807, 2.05) is 12.1 Å². The molecule has 2 aromatic heterocycles. The van der Waals surface area contributed by atoms with Gasteiger partial charge in [-0.2, -0.15) is 4.37 Å². The van der Waals surface area contributed by atoms with Crippen LogP contribution < -0.4 is 16.4 Å². The van der Waals surface area contributed by atoms with Gasteiger partial charge in [0, 0.05) is 26.0 Å². The lowest BCUT2D eigenvalue weighted by Gasteiger charge is -2.06. The summed E-state index contributed by atoms with van der Waals surface area (Å²) in [7, 11) is 1.56. The van der Waals surface area contributed by atoms with E-state index in [1.54, 1.807) is 19.4 Å². The molecule has 4 N–H and O–H groups in total. The van der Waals surface area contributed by atoms with Gasteiger partial charge in [0.15, 0.2) is 5.82 Å². The number of pyridine rings is 1. The quantitative estimate of drug-likeness (QED) is 0.768. The fraction of sp³-hybridized carbons (Fsp3) is 0.182. The van der Waals surface area contributed by atoms with Crippen molar-refractivity contribution >= 4 is 28.3 Å². The number of nitrogens with one attached hydrogen (secondary N) is 2. The fourth-order valence-corrected chi connectivity index (χ4v) is 2.16. The molecule has 0 radical (unpaired) electrons. The van der Waals surface area contributed by atoms with Crippen molar-refractivity contribution in [2.24, 2.45) is 0 Å². The van der Waals surface area contributed by atoms with Crippen LogP contribution in [-0.2, 0) is 6.54 Å². The van der Waals surface area contributed by atoms with Crippen molar-refractivity contribution < 1.29 is 4.79 Å². The van der Waals surface area contributed by atoms with Crippen LogP contribution >= 0.6 is 11.5 Å². The lowest BCUT2D eigenvalue weighted by molar-refractivity contribution is 0.0965. The molecule has 18 heavy (non-hydrogen) atoms. The molecule has 0 atom stereocenters. The van der Waals surface area contributed by atoms with Crippen LogP contribution in [0, 0.1) is 0 Å². The van der Waals surface area contributed by atoms with E-state index in [0.29, 0.717) is 17.1 Å². The second-order valence-electron chi connectivity index (χ2n) is 3.56. The standard InChI is InChI=1S/C11H13N5OS/c1-13-10(17)8-9(12)16-18-11(8)15-6-7-2-4-14-5-3-7/h2-5,15H,6H2,1H3,(H2,12,16)(H,13,17). The molecule has 0 aliphatic rings. The summed E-state index contributed by atoms with van der Waals surface area (Å²) in [5.74, 6) is 0.00931. The molecule has 2 heterocycles. The van der Waals surface area contributed by atoms with Crippen LogP contribution in [0.4, 0.5) is 10.8 Å². The number of nitrogens with two attached hydrogens (primary N) is 1. The number of nitrogen functional groups attached to an aromatic ring is 1. The Labute approximate surface area is 108 Å². The maximum Gasteiger partial charge on any atom is 0.257 e. The van der Waals surface area contributed by atoms with Crippen LogP contribution in [0.3, 0.4) is 0 Å². The summed E-state index contributed by atoms with van der Waals surface area (Å²) in [6.45, 7) is 0.591. The van der Waals surface area contributed by atoms with Crippen LogP contribution in [0.15, 0.2) is 24.5 Å². The number of carbonyl (C=O) groups excluding carboxylic acids is 1. The molecule has 7 heteroatoms. The van der Waals surface area contributed by atoms with E-state index in [1.165, 1.54) is 11.5 Å². The molecular weight excluding hydrogens is 250 g/mol. The summed E-state index contributed by atoms with van der Waals surface area (Å²) in [6.07, 6.45) is 3.44. The third-order valence-electron chi connectivity index (χ3n) is 2.38. The number of nitrogens with zero attached hydrogens (tertiary/aromatic N) is 2. The molecule has 0 bridgehead atoms. The van der Waals surface area contributed by atoms with Crippen molar-refractivity contribution in [3.8, 4) is 0 Å². The number of anilines is 2. The second kappa shape index (κ2) is 5.46. The Balaban J connectivity index is 2.13. The highest BCUT2D eigenvalue weighted by Gasteiger charge is 2.17. The van der Waals surface area contributed by atoms with Crippen LogP contribution in [0.5, 0.6) is 0 Å². The molecule has 2 aromatic rings.